The van der Waals surface area contributed by atoms with E-state index in [1.165, 1.54) is 6.33 Å². The molecular formula is C23H21F5N6O4. The molecule has 3 N–H and O–H groups in total. The summed E-state index contributed by atoms with van der Waals surface area (Å²) in [7, 11) is 1.72. The number of anilines is 1. The van der Waals surface area contributed by atoms with Gasteiger partial charge in [0.25, 0.3) is 6.08 Å². The lowest BCUT2D eigenvalue weighted by atomic mass is 9.89. The number of hydrogen-bond acceptors (Lipinski definition) is 6. The predicted octanol–water partition coefficient (Wildman–Crippen LogP) is 2.47. The second-order valence-corrected chi connectivity index (χ2v) is 8.02. The molecule has 10 nitrogen and oxygen atoms in total. The van der Waals surface area contributed by atoms with Crippen LogP contribution in [0, 0.1) is 0 Å². The number of aliphatic carboxylic acids is 1. The fraction of sp³-hybridized carbons (Fsp3) is 0.261. The van der Waals surface area contributed by atoms with Crippen LogP contribution in [0.3, 0.4) is 0 Å². The third-order valence-corrected chi connectivity index (χ3v) is 5.60. The number of rotatable bonds is 5. The number of hydrogen-bond donors (Lipinski definition) is 2. The zero-order valence-electron chi connectivity index (χ0n) is 19.7. The molecular weight excluding hydrogens is 519 g/mol. The number of carbonyl (C=O) groups excluding carboxylic acids is 1. The third kappa shape index (κ3) is 6.11. The molecule has 0 aliphatic carbocycles. The first-order valence-corrected chi connectivity index (χ1v) is 10.9. The average Bonchev–Trinajstić information content (AvgIpc) is 3.24. The third-order valence-electron chi connectivity index (χ3n) is 5.60. The molecule has 2 aromatic heterocycles. The van der Waals surface area contributed by atoms with Gasteiger partial charge in [0.05, 0.1) is 18.2 Å². The van der Waals surface area contributed by atoms with Crippen molar-refractivity contribution in [2.75, 3.05) is 18.5 Å². The molecule has 1 amide bonds. The van der Waals surface area contributed by atoms with Crippen LogP contribution in [0.4, 0.5) is 27.6 Å². The van der Waals surface area contributed by atoms with Crippen molar-refractivity contribution < 1.29 is 36.6 Å². The Morgan fingerprint density at radius 2 is 1.79 bits per heavy atom. The van der Waals surface area contributed by atoms with Gasteiger partial charge in [0.1, 0.15) is 12.1 Å². The number of benzene rings is 1. The molecule has 1 aliphatic heterocycles. The van der Waals surface area contributed by atoms with Crippen molar-refractivity contribution in [2.45, 2.75) is 25.1 Å². The number of nitrogens with zero attached hydrogens (tertiary/aromatic N) is 5. The average molecular weight is 540 g/mol. The predicted molar refractivity (Wildman–Crippen MR) is 124 cm³/mol. The van der Waals surface area contributed by atoms with Crippen LogP contribution in [0.2, 0.25) is 0 Å². The van der Waals surface area contributed by atoms with Gasteiger partial charge >= 0.3 is 17.8 Å². The van der Waals surface area contributed by atoms with E-state index >= 15 is 0 Å². The monoisotopic (exact) mass is 540 g/mol. The van der Waals surface area contributed by atoms with Crippen molar-refractivity contribution in [1.29, 1.82) is 0 Å². The van der Waals surface area contributed by atoms with Gasteiger partial charge in [-0.3, -0.25) is 4.79 Å². The van der Waals surface area contributed by atoms with E-state index in [0.29, 0.717) is 12.1 Å². The zero-order valence-corrected chi connectivity index (χ0v) is 19.7. The summed E-state index contributed by atoms with van der Waals surface area (Å²) in [5.41, 5.74) is 6.72. The number of carbonyl (C=O) groups is 2. The van der Waals surface area contributed by atoms with Crippen LogP contribution in [0.25, 0.3) is 5.82 Å². The van der Waals surface area contributed by atoms with E-state index in [2.05, 4.69) is 10.1 Å². The molecule has 0 saturated carbocycles. The molecule has 1 aromatic carbocycles. The molecule has 1 atom stereocenters. The quantitative estimate of drug-likeness (QED) is 0.475. The number of amides is 1. The Morgan fingerprint density at radius 1 is 1.13 bits per heavy atom. The highest BCUT2D eigenvalue weighted by Gasteiger charge is 2.38. The van der Waals surface area contributed by atoms with E-state index in [1.54, 1.807) is 30.1 Å². The highest BCUT2D eigenvalue weighted by molar-refractivity contribution is 6.00. The number of alkyl halides is 3. The first kappa shape index (κ1) is 28.2. The summed E-state index contributed by atoms with van der Waals surface area (Å²) in [5.74, 6) is -3.10. The van der Waals surface area contributed by atoms with Crippen molar-refractivity contribution in [3.8, 4) is 5.82 Å². The maximum atomic E-state index is 12.9. The lowest BCUT2D eigenvalue weighted by Crippen LogP contribution is -2.37. The number of para-hydroxylation sites is 1. The first-order valence-electron chi connectivity index (χ1n) is 10.9. The second-order valence-electron chi connectivity index (χ2n) is 8.02. The Hall–Kier alpha value is -4.40. The van der Waals surface area contributed by atoms with Gasteiger partial charge in [-0.15, -0.1) is 0 Å². The van der Waals surface area contributed by atoms with E-state index in [9.17, 15) is 31.5 Å². The number of halogens is 5. The molecule has 15 heteroatoms. The maximum Gasteiger partial charge on any atom is 0.490 e. The topological polar surface area (TPSA) is 136 Å². The van der Waals surface area contributed by atoms with Crippen LogP contribution >= 0.6 is 0 Å². The molecule has 3 aromatic rings. The summed E-state index contributed by atoms with van der Waals surface area (Å²) in [4.78, 5) is 40.6. The number of carboxylic acid groups (broad SMARTS) is 1. The Bertz CT molecular complexity index is 1430. The minimum atomic E-state index is -5.08. The van der Waals surface area contributed by atoms with Gasteiger partial charge in [-0.05, 0) is 30.2 Å². The molecule has 0 radical (unpaired) electrons. The molecule has 38 heavy (non-hydrogen) atoms. The number of aromatic nitrogens is 4. The summed E-state index contributed by atoms with van der Waals surface area (Å²) in [6.07, 6.45) is -5.31. The second kappa shape index (κ2) is 11.3. The summed E-state index contributed by atoms with van der Waals surface area (Å²) in [6.45, 7) is -0.790. The van der Waals surface area contributed by atoms with Crippen molar-refractivity contribution in [3.05, 3.63) is 82.2 Å². The number of carboxylic acids is 1. The van der Waals surface area contributed by atoms with Gasteiger partial charge < -0.3 is 15.7 Å². The van der Waals surface area contributed by atoms with E-state index in [-0.39, 0.29) is 23.8 Å². The van der Waals surface area contributed by atoms with Gasteiger partial charge in [0, 0.05) is 24.9 Å². The number of nitrogens with two attached hydrogens (primary N) is 1. The molecule has 1 unspecified atom stereocenters. The first-order chi connectivity index (χ1) is 17.8. The smallest absolute Gasteiger partial charge is 0.475 e. The standard InChI is InChI=1S/C21H20F2N6O2.C2HF3O2/c1-27-17-7-3-2-5-13(17)9-15(20(27)30)16-6-4-8-18(26-16)28-12-25-29(21(28)31)11-14(10-24)19(22)23;3-2(4,5)1(6)7/h2-8,12,15H,9-11,24H2,1H3;(H,6,7). The van der Waals surface area contributed by atoms with Crippen LogP contribution in [-0.2, 0) is 22.6 Å². The molecule has 0 bridgehead atoms. The molecule has 0 fully saturated rings. The molecule has 0 saturated heterocycles. The minimum Gasteiger partial charge on any atom is -0.475 e. The molecule has 3 heterocycles. The molecule has 4 rings (SSSR count). The Labute approximate surface area is 211 Å². The van der Waals surface area contributed by atoms with Gasteiger partial charge in [0.15, 0.2) is 0 Å². The highest BCUT2D eigenvalue weighted by Crippen LogP contribution is 2.34. The van der Waals surface area contributed by atoms with E-state index in [4.69, 9.17) is 15.6 Å². The summed E-state index contributed by atoms with van der Waals surface area (Å²) in [5, 5.41) is 11.0. The summed E-state index contributed by atoms with van der Waals surface area (Å²) >= 11 is 0. The number of fused-ring (bicyclic) bond motifs is 1. The lowest BCUT2D eigenvalue weighted by molar-refractivity contribution is -0.192. The molecule has 0 spiro atoms. The van der Waals surface area contributed by atoms with E-state index in [1.807, 2.05) is 24.3 Å². The molecule has 202 valence electrons. The van der Waals surface area contributed by atoms with Crippen molar-refractivity contribution in [3.63, 3.8) is 0 Å². The largest absolute Gasteiger partial charge is 0.490 e. The van der Waals surface area contributed by atoms with Crippen LogP contribution in [-0.4, -0.2) is 56.1 Å². The number of pyridine rings is 1. The van der Waals surface area contributed by atoms with Crippen molar-refractivity contribution in [2.24, 2.45) is 5.73 Å². The lowest BCUT2D eigenvalue weighted by Gasteiger charge is -2.31. The van der Waals surface area contributed by atoms with Gasteiger partial charge in [0.2, 0.25) is 5.91 Å². The van der Waals surface area contributed by atoms with Crippen molar-refractivity contribution in [1.82, 2.24) is 19.3 Å². The summed E-state index contributed by atoms with van der Waals surface area (Å²) < 4.78 is 59.5. The maximum absolute atomic E-state index is 12.9. The summed E-state index contributed by atoms with van der Waals surface area (Å²) in [6, 6.07) is 12.7. The van der Waals surface area contributed by atoms with E-state index in [0.717, 1.165) is 20.5 Å². The fourth-order valence-corrected chi connectivity index (χ4v) is 3.65. The van der Waals surface area contributed by atoms with Crippen LogP contribution < -0.4 is 16.3 Å². The minimum absolute atomic E-state index is 0.0949. The Balaban J connectivity index is 0.000000505. The Kier molecular flexibility index (Phi) is 8.40. The van der Waals surface area contributed by atoms with Gasteiger partial charge in [-0.1, -0.05) is 24.3 Å². The van der Waals surface area contributed by atoms with Crippen LogP contribution in [0.5, 0.6) is 0 Å². The van der Waals surface area contributed by atoms with Crippen LogP contribution in [0.15, 0.2) is 65.2 Å². The SMILES string of the molecule is CN1C(=O)C(c2cccc(-n3cnn(CC(CN)=C(F)F)c3=O)n2)Cc2ccccc21.O=C(O)C(F)(F)F. The molecule has 1 aliphatic rings. The zero-order chi connectivity index (χ0) is 28.2. The van der Waals surface area contributed by atoms with Gasteiger partial charge in [-0.2, -0.15) is 27.1 Å². The Morgan fingerprint density at radius 3 is 2.39 bits per heavy atom. The van der Waals surface area contributed by atoms with Crippen molar-refractivity contribution >= 4 is 17.6 Å². The fourth-order valence-electron chi connectivity index (χ4n) is 3.65. The normalized spacial score (nSPS) is 14.9. The highest BCUT2D eigenvalue weighted by atomic mass is 19.4. The van der Waals surface area contributed by atoms with Gasteiger partial charge in [-0.25, -0.2) is 23.8 Å². The van der Waals surface area contributed by atoms with Crippen LogP contribution in [0.1, 0.15) is 17.2 Å². The number of likely N-dealkylation sites (N-methyl/N-ethyl adjacent to an activating group) is 1. The van der Waals surface area contributed by atoms with E-state index < -0.39 is 36.4 Å².